The molecule has 0 aromatic rings. The number of unbranched alkanes of at least 4 members (excludes halogenated alkanes) is 1. The molecule has 8 atom stereocenters. The molecule has 40 heavy (non-hydrogen) atoms. The van der Waals surface area contributed by atoms with E-state index in [1.165, 1.54) is 95.1 Å². The van der Waals surface area contributed by atoms with Gasteiger partial charge in [0.15, 0.2) is 0 Å². The summed E-state index contributed by atoms with van der Waals surface area (Å²) in [4.78, 5) is 28.2. The molecule has 4 fully saturated rings. The number of carboxylic acid groups (broad SMARTS) is 1. The third-order valence-electron chi connectivity index (χ3n) is 12.2. The molecule has 4 aliphatic carbocycles. The Morgan fingerprint density at radius 1 is 0.925 bits per heavy atom. The van der Waals surface area contributed by atoms with Gasteiger partial charge in [0.1, 0.15) is 5.84 Å². The molecule has 224 valence electrons. The monoisotopic (exact) mass is 552 g/mol. The lowest BCUT2D eigenvalue weighted by atomic mass is 9.66. The molecule has 8 unspecified atom stereocenters. The normalized spacial score (nSPS) is 41.8. The van der Waals surface area contributed by atoms with Crippen molar-refractivity contribution in [2.75, 3.05) is 13.6 Å². The summed E-state index contributed by atoms with van der Waals surface area (Å²) in [5.74, 6) is 5.13. The number of aliphatic carboxylic acids is 1. The summed E-state index contributed by atoms with van der Waals surface area (Å²) in [5.41, 5.74) is 0. The van der Waals surface area contributed by atoms with Crippen molar-refractivity contribution in [3.05, 3.63) is 0 Å². The van der Waals surface area contributed by atoms with Crippen LogP contribution in [0.25, 0.3) is 0 Å². The van der Waals surface area contributed by atoms with Gasteiger partial charge in [0.05, 0.1) is 35.9 Å². The van der Waals surface area contributed by atoms with E-state index in [2.05, 4.69) is 30.7 Å². The van der Waals surface area contributed by atoms with Gasteiger partial charge in [-0.3, -0.25) is 14.8 Å². The van der Waals surface area contributed by atoms with Crippen molar-refractivity contribution in [3.8, 4) is 0 Å². The Morgan fingerprint density at radius 2 is 1.68 bits per heavy atom. The van der Waals surface area contributed by atoms with E-state index in [1.807, 2.05) is 0 Å². The second kappa shape index (κ2) is 12.3. The van der Waals surface area contributed by atoms with Crippen LogP contribution in [0.15, 0.2) is 9.98 Å². The van der Waals surface area contributed by atoms with Crippen LogP contribution in [0.4, 0.5) is 0 Å². The first-order chi connectivity index (χ1) is 19.4. The van der Waals surface area contributed by atoms with Crippen LogP contribution in [0.5, 0.6) is 0 Å². The average Bonchev–Trinajstić information content (AvgIpc) is 3.50. The van der Waals surface area contributed by atoms with E-state index >= 15 is 0 Å². The second-order valence-electron chi connectivity index (χ2n) is 14.7. The molecule has 2 aliphatic heterocycles. The Labute approximate surface area is 243 Å². The lowest BCUT2D eigenvalue weighted by Gasteiger charge is -2.44. The minimum Gasteiger partial charge on any atom is -0.481 e. The van der Waals surface area contributed by atoms with Crippen molar-refractivity contribution in [1.82, 2.24) is 9.80 Å². The molecule has 0 aromatic heterocycles. The zero-order chi connectivity index (χ0) is 27.8. The number of aliphatic imine (C=N–C) groups is 2. The fourth-order valence-electron chi connectivity index (χ4n) is 10.1. The molecule has 0 aromatic carbocycles. The van der Waals surface area contributed by atoms with Crippen LogP contribution in [0.1, 0.15) is 123 Å². The quantitative estimate of drug-likeness (QED) is 0.351. The fourth-order valence-corrected chi connectivity index (χ4v) is 10.1. The molecule has 2 heterocycles. The number of hydrogen-bond donors (Lipinski definition) is 1. The van der Waals surface area contributed by atoms with E-state index in [4.69, 9.17) is 9.98 Å². The lowest BCUT2D eigenvalue weighted by Crippen LogP contribution is -2.51. The molecule has 0 bridgehead atoms. The zero-order valence-electron chi connectivity index (χ0n) is 25.6. The van der Waals surface area contributed by atoms with Gasteiger partial charge >= 0.3 is 5.97 Å². The Kier molecular flexibility index (Phi) is 8.80. The van der Waals surface area contributed by atoms with E-state index in [0.717, 1.165) is 38.1 Å². The molecule has 6 heteroatoms. The third-order valence-corrected chi connectivity index (χ3v) is 12.2. The summed E-state index contributed by atoms with van der Waals surface area (Å²) in [6, 6.07) is 2.17. The molecular formula is C34H56N4O2. The largest absolute Gasteiger partial charge is 0.481 e. The number of hydrogen-bond acceptors (Lipinski definition) is 5. The van der Waals surface area contributed by atoms with E-state index in [9.17, 15) is 9.90 Å². The molecular weight excluding hydrogens is 496 g/mol. The van der Waals surface area contributed by atoms with Crippen LogP contribution in [0.2, 0.25) is 0 Å². The number of carboxylic acids is 1. The smallest absolute Gasteiger partial charge is 0.306 e. The highest BCUT2D eigenvalue weighted by molar-refractivity contribution is 5.88. The fraction of sp³-hybridized carbons (Fsp3) is 0.912. The van der Waals surface area contributed by atoms with Crippen molar-refractivity contribution in [2.45, 2.75) is 147 Å². The minimum atomic E-state index is -0.538. The van der Waals surface area contributed by atoms with Gasteiger partial charge in [-0.05, 0) is 94.3 Å². The topological polar surface area (TPSA) is 68.5 Å². The van der Waals surface area contributed by atoms with E-state index in [0.29, 0.717) is 47.8 Å². The lowest BCUT2D eigenvalue weighted by molar-refractivity contribution is -0.146. The Balaban J connectivity index is 1.13. The number of rotatable bonds is 8. The van der Waals surface area contributed by atoms with Crippen LogP contribution < -0.4 is 0 Å². The highest BCUT2D eigenvalue weighted by Crippen LogP contribution is 2.45. The molecule has 6 nitrogen and oxygen atoms in total. The summed E-state index contributed by atoms with van der Waals surface area (Å²) in [7, 11) is 2.33. The molecule has 4 saturated carbocycles. The maximum atomic E-state index is 12.0. The van der Waals surface area contributed by atoms with Gasteiger partial charge in [0, 0.05) is 25.9 Å². The Hall–Kier alpha value is -1.59. The van der Waals surface area contributed by atoms with Crippen LogP contribution in [0.3, 0.4) is 0 Å². The van der Waals surface area contributed by atoms with E-state index < -0.39 is 5.97 Å². The maximum absolute atomic E-state index is 12.0. The standard InChI is InChI=1S/C34H56N4O2/c1-4-5-14-31-36-32-22(2)19-25(33-35-28-12-8-9-13-29(28)37(33)3)20-30(32)38(31)21-23-15-17-24(18-16-23)26-10-6-7-11-27(26)34(39)40/h22-30,32H,4-21H2,1-3H3,(H,39,40). The number of nitrogens with zero attached hydrogens (tertiary/aromatic N) is 4. The summed E-state index contributed by atoms with van der Waals surface area (Å²) >= 11 is 0. The molecule has 0 radical (unpaired) electrons. The van der Waals surface area contributed by atoms with Crippen LogP contribution in [0, 0.1) is 35.5 Å². The number of carbonyl (C=O) groups is 1. The van der Waals surface area contributed by atoms with Crippen LogP contribution in [-0.2, 0) is 4.79 Å². The first-order valence-electron chi connectivity index (χ1n) is 17.3. The molecule has 1 N–H and O–H groups in total. The second-order valence-corrected chi connectivity index (χ2v) is 14.7. The first kappa shape index (κ1) is 28.5. The Bertz CT molecular complexity index is 956. The van der Waals surface area contributed by atoms with Gasteiger partial charge in [-0.15, -0.1) is 0 Å². The Morgan fingerprint density at radius 3 is 2.42 bits per heavy atom. The van der Waals surface area contributed by atoms with Crippen LogP contribution in [-0.4, -0.2) is 70.3 Å². The van der Waals surface area contributed by atoms with E-state index in [-0.39, 0.29) is 5.92 Å². The molecule has 0 spiro atoms. The number of likely N-dealkylation sites (N-methyl/N-ethyl adjacent to an activating group) is 1. The van der Waals surface area contributed by atoms with Gasteiger partial charge in [-0.25, -0.2) is 0 Å². The summed E-state index contributed by atoms with van der Waals surface area (Å²) < 4.78 is 0. The van der Waals surface area contributed by atoms with Gasteiger partial charge in [-0.2, -0.15) is 0 Å². The highest BCUT2D eigenvalue weighted by Gasteiger charge is 2.48. The van der Waals surface area contributed by atoms with Crippen molar-refractivity contribution >= 4 is 17.6 Å². The predicted molar refractivity (Wildman–Crippen MR) is 163 cm³/mol. The van der Waals surface area contributed by atoms with E-state index in [1.54, 1.807) is 0 Å². The average molecular weight is 553 g/mol. The summed E-state index contributed by atoms with van der Waals surface area (Å²) in [6.07, 6.45) is 20.7. The molecule has 0 saturated heterocycles. The van der Waals surface area contributed by atoms with Gasteiger partial charge in [-0.1, -0.05) is 46.0 Å². The maximum Gasteiger partial charge on any atom is 0.306 e. The van der Waals surface area contributed by atoms with Crippen LogP contribution >= 0.6 is 0 Å². The van der Waals surface area contributed by atoms with Crippen molar-refractivity contribution in [2.24, 2.45) is 45.5 Å². The summed E-state index contributed by atoms with van der Waals surface area (Å²) in [6.45, 7) is 5.93. The number of fused-ring (bicyclic) bond motifs is 2. The zero-order valence-corrected chi connectivity index (χ0v) is 25.6. The van der Waals surface area contributed by atoms with Crippen molar-refractivity contribution in [3.63, 3.8) is 0 Å². The molecule has 6 rings (SSSR count). The van der Waals surface area contributed by atoms with Gasteiger partial charge in [0.25, 0.3) is 0 Å². The predicted octanol–water partition coefficient (Wildman–Crippen LogP) is 7.03. The minimum absolute atomic E-state index is 0.0939. The van der Waals surface area contributed by atoms with Crippen molar-refractivity contribution < 1.29 is 9.90 Å². The van der Waals surface area contributed by atoms with Gasteiger partial charge in [0.2, 0.25) is 0 Å². The highest BCUT2D eigenvalue weighted by atomic mass is 16.4. The third kappa shape index (κ3) is 5.59. The van der Waals surface area contributed by atoms with Crippen molar-refractivity contribution in [1.29, 1.82) is 0 Å². The molecule has 0 amide bonds. The number of amidine groups is 2. The summed E-state index contributed by atoms with van der Waals surface area (Å²) in [5, 5.41) is 9.86. The SMILES string of the molecule is CCCCC1=NC2C(C)CC(C3=NC4CCCCC4N3C)CC2N1CC1CCC(C2CCCCC2C(=O)O)CC1. The first-order valence-corrected chi connectivity index (χ1v) is 17.3. The molecule has 6 aliphatic rings. The van der Waals surface area contributed by atoms with Gasteiger partial charge < -0.3 is 14.9 Å².